The third-order valence-electron chi connectivity index (χ3n) is 3.58. The van der Waals surface area contributed by atoms with Crippen LogP contribution in [0, 0.1) is 11.2 Å². The number of rotatable bonds is 5. The first-order valence-electron chi connectivity index (χ1n) is 7.39. The van der Waals surface area contributed by atoms with Crippen molar-refractivity contribution in [3.63, 3.8) is 0 Å². The molecular weight excluding hydrogens is 331 g/mol. The van der Waals surface area contributed by atoms with Gasteiger partial charge in [-0.15, -0.1) is 0 Å². The summed E-state index contributed by atoms with van der Waals surface area (Å²) in [7, 11) is 0. The third-order valence-corrected chi connectivity index (χ3v) is 3.84. The van der Waals surface area contributed by atoms with E-state index in [0.29, 0.717) is 10.7 Å². The molecule has 0 bridgehead atoms. The Morgan fingerprint density at radius 3 is 2.38 bits per heavy atom. The summed E-state index contributed by atoms with van der Waals surface area (Å²) in [4.78, 5) is 24.7. The van der Waals surface area contributed by atoms with E-state index in [0.717, 1.165) is 5.56 Å². The van der Waals surface area contributed by atoms with E-state index in [1.807, 2.05) is 0 Å². The van der Waals surface area contributed by atoms with E-state index in [2.05, 4.69) is 10.6 Å². The van der Waals surface area contributed by atoms with Gasteiger partial charge < -0.3 is 10.6 Å². The highest BCUT2D eigenvalue weighted by Gasteiger charge is 2.35. The second kappa shape index (κ2) is 7.45. The zero-order valence-electron chi connectivity index (χ0n) is 13.4. The van der Waals surface area contributed by atoms with Gasteiger partial charge in [-0.3, -0.25) is 9.59 Å². The molecule has 2 aromatic rings. The summed E-state index contributed by atoms with van der Waals surface area (Å²) in [5.41, 5.74) is -0.133. The smallest absolute Gasteiger partial charge is 0.239 e. The van der Waals surface area contributed by atoms with Crippen LogP contribution in [0.15, 0.2) is 48.5 Å². The molecule has 2 amide bonds. The molecule has 126 valence electrons. The minimum absolute atomic E-state index is 0.284. The normalized spacial score (nSPS) is 11.0. The van der Waals surface area contributed by atoms with Crippen molar-refractivity contribution in [1.29, 1.82) is 0 Å². The first-order valence-corrected chi connectivity index (χ1v) is 7.76. The van der Waals surface area contributed by atoms with E-state index in [1.54, 1.807) is 30.3 Å². The van der Waals surface area contributed by atoms with Gasteiger partial charge in [-0.2, -0.15) is 0 Å². The highest BCUT2D eigenvalue weighted by molar-refractivity contribution is 6.30. The van der Waals surface area contributed by atoms with Crippen LogP contribution in [0.4, 0.5) is 10.1 Å². The predicted molar refractivity (Wildman–Crippen MR) is 92.1 cm³/mol. The molecule has 0 saturated heterocycles. The summed E-state index contributed by atoms with van der Waals surface area (Å²) in [5.74, 6) is -1.40. The van der Waals surface area contributed by atoms with Gasteiger partial charge in [0, 0.05) is 17.3 Å². The Kier molecular flexibility index (Phi) is 5.57. The standard InChI is InChI=1S/C18H18ClFN2O2/c1-18(2,17(24)22-15-5-3-4-14(20)10-15)16(23)21-11-12-6-8-13(19)9-7-12/h3-10H,11H2,1-2H3,(H,21,23)(H,22,24). The molecule has 0 aliphatic rings. The fraction of sp³-hybridized carbons (Fsp3) is 0.222. The SMILES string of the molecule is CC(C)(C(=O)NCc1ccc(Cl)cc1)C(=O)Nc1cccc(F)c1. The van der Waals surface area contributed by atoms with E-state index >= 15 is 0 Å². The Balaban J connectivity index is 1.98. The zero-order valence-corrected chi connectivity index (χ0v) is 14.2. The summed E-state index contributed by atoms with van der Waals surface area (Å²) in [6, 6.07) is 12.6. The minimum Gasteiger partial charge on any atom is -0.351 e. The lowest BCUT2D eigenvalue weighted by Gasteiger charge is -2.22. The van der Waals surface area contributed by atoms with Crippen molar-refractivity contribution < 1.29 is 14.0 Å². The molecule has 0 aliphatic heterocycles. The van der Waals surface area contributed by atoms with Gasteiger partial charge in [-0.1, -0.05) is 29.8 Å². The van der Waals surface area contributed by atoms with Crippen LogP contribution >= 0.6 is 11.6 Å². The Morgan fingerprint density at radius 1 is 1.08 bits per heavy atom. The average molecular weight is 349 g/mol. The number of benzene rings is 2. The second-order valence-electron chi connectivity index (χ2n) is 5.90. The largest absolute Gasteiger partial charge is 0.351 e. The molecule has 4 nitrogen and oxygen atoms in total. The van der Waals surface area contributed by atoms with Crippen LogP contribution in [0.25, 0.3) is 0 Å². The number of carbonyl (C=O) groups excluding carboxylic acids is 2. The number of hydrogen-bond acceptors (Lipinski definition) is 2. The molecule has 0 saturated carbocycles. The fourth-order valence-corrected chi connectivity index (χ4v) is 2.09. The first-order chi connectivity index (χ1) is 11.3. The summed E-state index contributed by atoms with van der Waals surface area (Å²) in [6.07, 6.45) is 0. The van der Waals surface area contributed by atoms with Crippen molar-refractivity contribution in [2.75, 3.05) is 5.32 Å². The molecule has 2 N–H and O–H groups in total. The van der Waals surface area contributed by atoms with E-state index in [1.165, 1.54) is 32.0 Å². The Morgan fingerprint density at radius 2 is 1.75 bits per heavy atom. The van der Waals surface area contributed by atoms with Crippen molar-refractivity contribution >= 4 is 29.1 Å². The van der Waals surface area contributed by atoms with Crippen LogP contribution < -0.4 is 10.6 Å². The Bertz CT molecular complexity index is 745. The molecule has 0 unspecified atom stereocenters. The minimum atomic E-state index is -1.31. The van der Waals surface area contributed by atoms with Crippen LogP contribution in [0.1, 0.15) is 19.4 Å². The third kappa shape index (κ3) is 4.55. The molecule has 0 atom stereocenters. The number of anilines is 1. The number of halogens is 2. The van der Waals surface area contributed by atoms with Crippen molar-refractivity contribution in [3.8, 4) is 0 Å². The van der Waals surface area contributed by atoms with Gasteiger partial charge in [-0.05, 0) is 49.7 Å². The lowest BCUT2D eigenvalue weighted by Crippen LogP contribution is -2.44. The van der Waals surface area contributed by atoms with Crippen LogP contribution in [-0.4, -0.2) is 11.8 Å². The van der Waals surface area contributed by atoms with E-state index in [-0.39, 0.29) is 6.54 Å². The van der Waals surface area contributed by atoms with E-state index < -0.39 is 23.0 Å². The Hall–Kier alpha value is -2.40. The summed E-state index contributed by atoms with van der Waals surface area (Å²) in [6.45, 7) is 3.31. The van der Waals surface area contributed by atoms with Crippen molar-refractivity contribution in [3.05, 3.63) is 64.9 Å². The summed E-state index contributed by atoms with van der Waals surface area (Å²) < 4.78 is 13.2. The maximum absolute atomic E-state index is 13.2. The molecular formula is C18H18ClFN2O2. The lowest BCUT2D eigenvalue weighted by molar-refractivity contribution is -0.138. The van der Waals surface area contributed by atoms with Crippen LogP contribution in [0.2, 0.25) is 5.02 Å². The zero-order chi connectivity index (χ0) is 17.7. The van der Waals surface area contributed by atoms with Crippen molar-refractivity contribution in [1.82, 2.24) is 5.32 Å². The molecule has 2 aromatic carbocycles. The maximum Gasteiger partial charge on any atom is 0.239 e. The molecule has 2 rings (SSSR count). The molecule has 0 radical (unpaired) electrons. The van der Waals surface area contributed by atoms with Gasteiger partial charge in [0.2, 0.25) is 11.8 Å². The molecule has 0 heterocycles. The molecule has 0 fully saturated rings. The second-order valence-corrected chi connectivity index (χ2v) is 6.34. The fourth-order valence-electron chi connectivity index (χ4n) is 1.96. The molecule has 6 heteroatoms. The van der Waals surface area contributed by atoms with Gasteiger partial charge in [0.25, 0.3) is 0 Å². The van der Waals surface area contributed by atoms with E-state index in [4.69, 9.17) is 11.6 Å². The van der Waals surface area contributed by atoms with Gasteiger partial charge in [0.15, 0.2) is 0 Å². The van der Waals surface area contributed by atoms with Gasteiger partial charge in [0.1, 0.15) is 11.2 Å². The van der Waals surface area contributed by atoms with Crippen LogP contribution in [0.3, 0.4) is 0 Å². The van der Waals surface area contributed by atoms with Crippen molar-refractivity contribution in [2.45, 2.75) is 20.4 Å². The monoisotopic (exact) mass is 348 g/mol. The Labute approximate surface area is 145 Å². The van der Waals surface area contributed by atoms with Gasteiger partial charge in [-0.25, -0.2) is 4.39 Å². The van der Waals surface area contributed by atoms with Crippen LogP contribution in [0.5, 0.6) is 0 Å². The van der Waals surface area contributed by atoms with Gasteiger partial charge >= 0.3 is 0 Å². The number of carbonyl (C=O) groups is 2. The van der Waals surface area contributed by atoms with Crippen LogP contribution in [-0.2, 0) is 16.1 Å². The maximum atomic E-state index is 13.2. The quantitative estimate of drug-likeness (QED) is 0.808. The molecule has 0 spiro atoms. The van der Waals surface area contributed by atoms with Crippen molar-refractivity contribution in [2.24, 2.45) is 5.41 Å². The summed E-state index contributed by atoms with van der Waals surface area (Å²) >= 11 is 5.81. The molecule has 0 aromatic heterocycles. The average Bonchev–Trinajstić information content (AvgIpc) is 2.54. The predicted octanol–water partition coefficient (Wildman–Crippen LogP) is 3.76. The van der Waals surface area contributed by atoms with E-state index in [9.17, 15) is 14.0 Å². The summed E-state index contributed by atoms with van der Waals surface area (Å²) in [5, 5.41) is 5.88. The molecule has 24 heavy (non-hydrogen) atoms. The lowest BCUT2D eigenvalue weighted by atomic mass is 9.90. The van der Waals surface area contributed by atoms with Gasteiger partial charge in [0.05, 0.1) is 0 Å². The first kappa shape index (κ1) is 17.9. The topological polar surface area (TPSA) is 58.2 Å². The number of nitrogens with one attached hydrogen (secondary N) is 2. The number of amides is 2. The number of hydrogen-bond donors (Lipinski definition) is 2. The highest BCUT2D eigenvalue weighted by Crippen LogP contribution is 2.20. The highest BCUT2D eigenvalue weighted by atomic mass is 35.5. The molecule has 0 aliphatic carbocycles.